The average Bonchev–Trinajstić information content (AvgIpc) is 2.21. The molecule has 0 saturated heterocycles. The molecule has 0 atom stereocenters. The lowest BCUT2D eigenvalue weighted by Gasteiger charge is -2.14. The normalized spacial score (nSPS) is 19.2. The van der Waals surface area contributed by atoms with E-state index >= 15 is 0 Å². The smallest absolute Gasteiger partial charge is 0.141 e. The molecule has 1 nitrogen and oxygen atoms in total. The van der Waals surface area contributed by atoms with Crippen molar-refractivity contribution >= 4 is 0 Å². The van der Waals surface area contributed by atoms with Gasteiger partial charge in [0.2, 0.25) is 0 Å². The summed E-state index contributed by atoms with van der Waals surface area (Å²) in [7, 11) is 0. The van der Waals surface area contributed by atoms with E-state index in [0.29, 0.717) is 0 Å². The molecule has 2 rings (SSSR count). The lowest BCUT2D eigenvalue weighted by atomic mass is 9.91. The number of hydrogen-bond acceptors (Lipinski definition) is 1. The van der Waals surface area contributed by atoms with Gasteiger partial charge in [-0.2, -0.15) is 0 Å². The standard InChI is InChI=1S/C10H12FN/c1-10(2)4-7-3-8(11)6-12-9(7)5-10/h3,6H,4-5H2,1-2H3. The van der Waals surface area contributed by atoms with Gasteiger partial charge in [0.25, 0.3) is 0 Å². The molecule has 0 unspecified atom stereocenters. The highest BCUT2D eigenvalue weighted by Gasteiger charge is 2.29. The third-order valence-corrected chi connectivity index (χ3v) is 2.34. The fraction of sp³-hybridized carbons (Fsp3) is 0.500. The van der Waals surface area contributed by atoms with Crippen LogP contribution in [-0.4, -0.2) is 4.98 Å². The van der Waals surface area contributed by atoms with E-state index in [1.165, 1.54) is 6.20 Å². The second kappa shape index (κ2) is 2.28. The Labute approximate surface area is 71.6 Å². The van der Waals surface area contributed by atoms with Crippen LogP contribution in [0, 0.1) is 11.2 Å². The van der Waals surface area contributed by atoms with Crippen LogP contribution in [0.15, 0.2) is 12.3 Å². The van der Waals surface area contributed by atoms with Crippen LogP contribution in [0.4, 0.5) is 4.39 Å². The molecule has 0 aliphatic heterocycles. The molecule has 0 amide bonds. The molecule has 0 bridgehead atoms. The minimum Gasteiger partial charge on any atom is -0.258 e. The number of nitrogens with zero attached hydrogens (tertiary/aromatic N) is 1. The van der Waals surface area contributed by atoms with Gasteiger partial charge in [0.15, 0.2) is 0 Å². The van der Waals surface area contributed by atoms with Gasteiger partial charge < -0.3 is 0 Å². The Hall–Kier alpha value is -0.920. The minimum absolute atomic E-state index is 0.216. The van der Waals surface area contributed by atoms with E-state index in [2.05, 4.69) is 18.8 Å². The highest BCUT2D eigenvalue weighted by molar-refractivity contribution is 5.28. The van der Waals surface area contributed by atoms with Crippen molar-refractivity contribution in [3.8, 4) is 0 Å². The molecule has 12 heavy (non-hydrogen) atoms. The predicted octanol–water partition coefficient (Wildman–Crippen LogP) is 2.35. The zero-order chi connectivity index (χ0) is 8.77. The van der Waals surface area contributed by atoms with Crippen molar-refractivity contribution < 1.29 is 4.39 Å². The molecule has 1 aliphatic carbocycles. The molecule has 2 heteroatoms. The summed E-state index contributed by atoms with van der Waals surface area (Å²) in [6.45, 7) is 4.37. The first-order chi connectivity index (χ1) is 5.57. The van der Waals surface area contributed by atoms with Crippen LogP contribution < -0.4 is 0 Å². The van der Waals surface area contributed by atoms with Gasteiger partial charge >= 0.3 is 0 Å². The second-order valence-electron chi connectivity index (χ2n) is 4.28. The number of fused-ring (bicyclic) bond motifs is 1. The number of rotatable bonds is 0. The van der Waals surface area contributed by atoms with Crippen LogP contribution in [0.1, 0.15) is 25.1 Å². The van der Waals surface area contributed by atoms with E-state index in [4.69, 9.17) is 0 Å². The Morgan fingerprint density at radius 1 is 1.42 bits per heavy atom. The van der Waals surface area contributed by atoms with Crippen molar-refractivity contribution in [3.63, 3.8) is 0 Å². The van der Waals surface area contributed by atoms with Crippen molar-refractivity contribution in [1.82, 2.24) is 4.98 Å². The summed E-state index contributed by atoms with van der Waals surface area (Å²) in [5, 5.41) is 0. The van der Waals surface area contributed by atoms with E-state index < -0.39 is 0 Å². The van der Waals surface area contributed by atoms with Crippen molar-refractivity contribution in [3.05, 3.63) is 29.3 Å². The molecular weight excluding hydrogens is 153 g/mol. The molecule has 0 fully saturated rings. The van der Waals surface area contributed by atoms with Crippen molar-refractivity contribution in [2.75, 3.05) is 0 Å². The second-order valence-corrected chi connectivity index (χ2v) is 4.28. The van der Waals surface area contributed by atoms with Crippen LogP contribution in [-0.2, 0) is 12.8 Å². The Balaban J connectivity index is 2.43. The zero-order valence-corrected chi connectivity index (χ0v) is 7.39. The molecule has 64 valence electrons. The summed E-state index contributed by atoms with van der Waals surface area (Å²) in [6.07, 6.45) is 3.23. The van der Waals surface area contributed by atoms with Crippen molar-refractivity contribution in [2.45, 2.75) is 26.7 Å². The monoisotopic (exact) mass is 165 g/mol. The molecular formula is C10H12FN. The molecule has 0 aromatic carbocycles. The molecule has 0 N–H and O–H groups in total. The molecule has 0 spiro atoms. The lowest BCUT2D eigenvalue weighted by molar-refractivity contribution is 0.390. The first-order valence-corrected chi connectivity index (χ1v) is 4.20. The largest absolute Gasteiger partial charge is 0.258 e. The van der Waals surface area contributed by atoms with Gasteiger partial charge in [0, 0.05) is 5.69 Å². The maximum Gasteiger partial charge on any atom is 0.141 e. The van der Waals surface area contributed by atoms with Crippen LogP contribution in [0.2, 0.25) is 0 Å². The quantitative estimate of drug-likeness (QED) is 0.575. The Morgan fingerprint density at radius 2 is 2.17 bits per heavy atom. The first kappa shape index (κ1) is 7.71. The van der Waals surface area contributed by atoms with Gasteiger partial charge in [-0.1, -0.05) is 13.8 Å². The summed E-state index contributed by atoms with van der Waals surface area (Å²) in [4.78, 5) is 4.08. The van der Waals surface area contributed by atoms with E-state index in [9.17, 15) is 4.39 Å². The highest BCUT2D eigenvalue weighted by Crippen LogP contribution is 2.34. The maximum absolute atomic E-state index is 12.8. The summed E-state index contributed by atoms with van der Waals surface area (Å²) >= 11 is 0. The number of aromatic nitrogens is 1. The van der Waals surface area contributed by atoms with E-state index in [-0.39, 0.29) is 11.2 Å². The van der Waals surface area contributed by atoms with Crippen LogP contribution in [0.25, 0.3) is 0 Å². The average molecular weight is 165 g/mol. The molecule has 1 aromatic rings. The van der Waals surface area contributed by atoms with Gasteiger partial charge in [-0.15, -0.1) is 0 Å². The van der Waals surface area contributed by atoms with Crippen molar-refractivity contribution in [1.29, 1.82) is 0 Å². The summed E-state index contributed by atoms with van der Waals surface area (Å²) in [6, 6.07) is 1.61. The van der Waals surface area contributed by atoms with E-state index in [1.54, 1.807) is 6.07 Å². The Kier molecular flexibility index (Phi) is 1.47. The summed E-state index contributed by atoms with van der Waals surface area (Å²) in [5.74, 6) is -0.216. The maximum atomic E-state index is 12.8. The third kappa shape index (κ3) is 1.22. The molecule has 1 aliphatic rings. The Bertz CT molecular complexity index is 318. The third-order valence-electron chi connectivity index (χ3n) is 2.34. The fourth-order valence-electron chi connectivity index (χ4n) is 1.85. The molecule has 0 saturated carbocycles. The lowest BCUT2D eigenvalue weighted by Crippen LogP contribution is -2.09. The minimum atomic E-state index is -0.216. The van der Waals surface area contributed by atoms with Gasteiger partial charge in [-0.3, -0.25) is 4.98 Å². The predicted molar refractivity (Wildman–Crippen MR) is 45.4 cm³/mol. The van der Waals surface area contributed by atoms with E-state index in [0.717, 1.165) is 24.1 Å². The summed E-state index contributed by atoms with van der Waals surface area (Å²) < 4.78 is 12.8. The van der Waals surface area contributed by atoms with Gasteiger partial charge in [0.1, 0.15) is 5.82 Å². The topological polar surface area (TPSA) is 12.9 Å². The molecule has 1 aromatic heterocycles. The van der Waals surface area contributed by atoms with Gasteiger partial charge in [-0.05, 0) is 29.9 Å². The molecule has 0 radical (unpaired) electrons. The SMILES string of the molecule is CC1(C)Cc2cc(F)cnc2C1. The van der Waals surface area contributed by atoms with Gasteiger partial charge in [-0.25, -0.2) is 4.39 Å². The highest BCUT2D eigenvalue weighted by atomic mass is 19.1. The van der Waals surface area contributed by atoms with Crippen LogP contribution in [0.5, 0.6) is 0 Å². The van der Waals surface area contributed by atoms with Gasteiger partial charge in [0.05, 0.1) is 6.20 Å². The number of pyridine rings is 1. The number of halogens is 1. The molecule has 1 heterocycles. The first-order valence-electron chi connectivity index (χ1n) is 4.20. The van der Waals surface area contributed by atoms with Crippen molar-refractivity contribution in [2.24, 2.45) is 5.41 Å². The summed E-state index contributed by atoms with van der Waals surface area (Å²) in [5.41, 5.74) is 2.42. The zero-order valence-electron chi connectivity index (χ0n) is 7.39. The fourth-order valence-corrected chi connectivity index (χ4v) is 1.85. The van der Waals surface area contributed by atoms with Crippen LogP contribution in [0.3, 0.4) is 0 Å². The number of hydrogen-bond donors (Lipinski definition) is 0. The van der Waals surface area contributed by atoms with E-state index in [1.807, 2.05) is 0 Å². The Morgan fingerprint density at radius 3 is 2.92 bits per heavy atom. The van der Waals surface area contributed by atoms with Crippen LogP contribution >= 0.6 is 0 Å².